The second-order valence-electron chi connectivity index (χ2n) is 6.22. The first-order chi connectivity index (χ1) is 10.8. The highest BCUT2D eigenvalue weighted by atomic mass is 79.9. The molecule has 0 spiro atoms. The third-order valence-corrected chi connectivity index (χ3v) is 5.52. The van der Waals surface area contributed by atoms with E-state index in [1.165, 1.54) is 11.3 Å². The summed E-state index contributed by atoms with van der Waals surface area (Å²) in [4.78, 5) is 9.44. The first kappa shape index (κ1) is 14.3. The van der Waals surface area contributed by atoms with Gasteiger partial charge in [-0.15, -0.1) is 0 Å². The molecule has 0 amide bonds. The van der Waals surface area contributed by atoms with Gasteiger partial charge in [-0.1, -0.05) is 0 Å². The molecule has 0 radical (unpaired) electrons. The van der Waals surface area contributed by atoms with Crippen LogP contribution in [0.1, 0.15) is 19.3 Å². The number of likely N-dealkylation sites (tertiary alicyclic amines) is 1. The molecule has 0 saturated carbocycles. The van der Waals surface area contributed by atoms with Crippen molar-refractivity contribution in [3.8, 4) is 0 Å². The Morgan fingerprint density at radius 1 is 1.32 bits per heavy atom. The van der Waals surface area contributed by atoms with Crippen LogP contribution in [0.4, 0.5) is 0 Å². The maximum Gasteiger partial charge on any atom is 0.205 e. The highest BCUT2D eigenvalue weighted by Gasteiger charge is 2.36. The van der Waals surface area contributed by atoms with Crippen LogP contribution in [-0.4, -0.2) is 53.7 Å². The quantitative estimate of drug-likeness (QED) is 0.773. The predicted molar refractivity (Wildman–Crippen MR) is 88.2 cm³/mol. The van der Waals surface area contributed by atoms with Crippen molar-refractivity contribution in [3.63, 3.8) is 0 Å². The Kier molecular flexibility index (Phi) is 3.74. The number of allylic oxidation sites excluding steroid dienone is 1. The number of aliphatic hydroxyl groups is 1. The maximum atomic E-state index is 9.31. The minimum absolute atomic E-state index is 0.304. The Morgan fingerprint density at radius 2 is 2.14 bits per heavy atom. The number of hydrogen-bond donors (Lipinski definition) is 1. The van der Waals surface area contributed by atoms with E-state index in [1.807, 2.05) is 6.20 Å². The molecule has 6 heteroatoms. The van der Waals surface area contributed by atoms with Crippen molar-refractivity contribution in [2.45, 2.75) is 19.3 Å². The molecule has 4 aliphatic heterocycles. The normalized spacial score (nSPS) is 25.3. The van der Waals surface area contributed by atoms with Crippen LogP contribution in [0.3, 0.4) is 0 Å². The van der Waals surface area contributed by atoms with Gasteiger partial charge in [-0.2, -0.15) is 0 Å². The molecule has 22 heavy (non-hydrogen) atoms. The zero-order valence-corrected chi connectivity index (χ0v) is 14.0. The number of piperidine rings is 1. The minimum atomic E-state index is 0.304. The summed E-state index contributed by atoms with van der Waals surface area (Å²) in [5, 5.41) is 9.31. The molecule has 0 unspecified atom stereocenters. The minimum Gasteiger partial charge on any atom is -0.496 e. The molecule has 5 nitrogen and oxygen atoms in total. The van der Waals surface area contributed by atoms with Crippen LogP contribution >= 0.6 is 15.9 Å². The second-order valence-corrected chi connectivity index (χ2v) is 7.07. The SMILES string of the molecule is OCC1CCN(C2=NC=C3C(Br)=COCC4=C3N2CC4)CC1. The first-order valence-electron chi connectivity index (χ1n) is 7.89. The van der Waals surface area contributed by atoms with Gasteiger partial charge in [0.15, 0.2) is 0 Å². The number of aliphatic hydroxyl groups excluding tert-OH is 1. The fourth-order valence-corrected chi connectivity index (χ4v) is 4.04. The average Bonchev–Trinajstić information content (AvgIpc) is 2.91. The first-order valence-corrected chi connectivity index (χ1v) is 8.68. The van der Waals surface area contributed by atoms with Crippen molar-refractivity contribution in [3.05, 3.63) is 33.8 Å². The monoisotopic (exact) mass is 365 g/mol. The predicted octanol–water partition coefficient (Wildman–Crippen LogP) is 2.17. The summed E-state index contributed by atoms with van der Waals surface area (Å²) in [7, 11) is 0. The number of halogens is 1. The fourth-order valence-electron chi connectivity index (χ4n) is 3.62. The summed E-state index contributed by atoms with van der Waals surface area (Å²) >= 11 is 3.59. The van der Waals surface area contributed by atoms with Gasteiger partial charge in [0.25, 0.3) is 0 Å². The maximum absolute atomic E-state index is 9.31. The van der Waals surface area contributed by atoms with Gasteiger partial charge in [0.2, 0.25) is 5.96 Å². The van der Waals surface area contributed by atoms with E-state index >= 15 is 0 Å². The third kappa shape index (κ3) is 2.29. The molecule has 1 saturated heterocycles. The molecule has 118 valence electrons. The summed E-state index contributed by atoms with van der Waals surface area (Å²) in [6.45, 7) is 3.89. The molecule has 0 aromatic rings. The summed E-state index contributed by atoms with van der Waals surface area (Å²) in [5.41, 5.74) is 3.75. The lowest BCUT2D eigenvalue weighted by Gasteiger charge is -2.39. The van der Waals surface area contributed by atoms with Crippen molar-refractivity contribution >= 4 is 21.9 Å². The third-order valence-electron chi connectivity index (χ3n) is 4.90. The van der Waals surface area contributed by atoms with Crippen molar-refractivity contribution in [1.82, 2.24) is 9.80 Å². The Morgan fingerprint density at radius 3 is 2.91 bits per heavy atom. The topological polar surface area (TPSA) is 48.3 Å². The number of hydrogen-bond acceptors (Lipinski definition) is 5. The summed E-state index contributed by atoms with van der Waals surface area (Å²) in [5.74, 6) is 1.51. The lowest BCUT2D eigenvalue weighted by atomic mass is 9.98. The van der Waals surface area contributed by atoms with Crippen molar-refractivity contribution in [1.29, 1.82) is 0 Å². The summed E-state index contributed by atoms with van der Waals surface area (Å²) in [6, 6.07) is 0. The van der Waals surface area contributed by atoms with Crippen molar-refractivity contribution in [2.24, 2.45) is 10.9 Å². The number of guanidine groups is 1. The largest absolute Gasteiger partial charge is 0.496 e. The molecule has 0 aliphatic carbocycles. The summed E-state index contributed by atoms with van der Waals surface area (Å²) in [6.07, 6.45) is 6.85. The van der Waals surface area contributed by atoms with Gasteiger partial charge in [-0.3, -0.25) is 0 Å². The molecule has 1 fully saturated rings. The van der Waals surface area contributed by atoms with Gasteiger partial charge in [0, 0.05) is 38.0 Å². The highest BCUT2D eigenvalue weighted by molar-refractivity contribution is 9.12. The van der Waals surface area contributed by atoms with Crippen LogP contribution in [-0.2, 0) is 4.74 Å². The van der Waals surface area contributed by atoms with E-state index in [2.05, 4.69) is 25.7 Å². The molecule has 0 aromatic heterocycles. The van der Waals surface area contributed by atoms with Gasteiger partial charge in [0.05, 0.1) is 16.4 Å². The molecule has 4 aliphatic rings. The molecule has 0 bridgehead atoms. The van der Waals surface area contributed by atoms with Gasteiger partial charge in [-0.05, 0) is 46.7 Å². The van der Waals surface area contributed by atoms with E-state index in [4.69, 9.17) is 9.73 Å². The smallest absolute Gasteiger partial charge is 0.205 e. The molecule has 0 atom stereocenters. The molecule has 4 heterocycles. The molecular formula is C16H20BrN3O2. The van der Waals surface area contributed by atoms with Crippen LogP contribution in [0.5, 0.6) is 0 Å². The molecular weight excluding hydrogens is 346 g/mol. The Bertz CT molecular complexity index is 601. The lowest BCUT2D eigenvalue weighted by Crippen LogP contribution is -2.48. The van der Waals surface area contributed by atoms with E-state index in [0.29, 0.717) is 19.1 Å². The molecule has 1 N–H and O–H groups in total. The van der Waals surface area contributed by atoms with Crippen LogP contribution in [0.25, 0.3) is 0 Å². The zero-order valence-electron chi connectivity index (χ0n) is 12.5. The van der Waals surface area contributed by atoms with Gasteiger partial charge >= 0.3 is 0 Å². The van der Waals surface area contributed by atoms with Gasteiger partial charge in [-0.25, -0.2) is 4.99 Å². The van der Waals surface area contributed by atoms with Crippen molar-refractivity contribution in [2.75, 3.05) is 32.8 Å². The lowest BCUT2D eigenvalue weighted by molar-refractivity contribution is 0.160. The number of nitrogens with zero attached hydrogens (tertiary/aromatic N) is 3. The van der Waals surface area contributed by atoms with E-state index in [9.17, 15) is 5.11 Å². The fraction of sp³-hybridized carbons (Fsp3) is 0.562. The average molecular weight is 366 g/mol. The van der Waals surface area contributed by atoms with Crippen LogP contribution < -0.4 is 0 Å². The van der Waals surface area contributed by atoms with Crippen LogP contribution in [0.2, 0.25) is 0 Å². The number of ether oxygens (including phenoxy) is 1. The summed E-state index contributed by atoms with van der Waals surface area (Å²) < 4.78 is 6.58. The zero-order chi connectivity index (χ0) is 15.1. The highest BCUT2D eigenvalue weighted by Crippen LogP contribution is 2.40. The number of rotatable bonds is 1. The Balaban J connectivity index is 1.63. The number of aliphatic imine (C=N–C) groups is 1. The standard InChI is InChI=1S/C16H20BrN3O2/c17-14-10-22-9-12-3-6-20-15(12)13(14)7-18-16(20)19-4-1-11(8-21)2-5-19/h7,10-11,21H,1-6,8-9H2. The second kappa shape index (κ2) is 5.74. The molecule has 4 rings (SSSR count). The van der Waals surface area contributed by atoms with Gasteiger partial charge in [0.1, 0.15) is 6.61 Å². The molecule has 0 aromatic carbocycles. The van der Waals surface area contributed by atoms with Gasteiger partial charge < -0.3 is 19.6 Å². The van der Waals surface area contributed by atoms with Crippen molar-refractivity contribution < 1.29 is 9.84 Å². The van der Waals surface area contributed by atoms with E-state index in [0.717, 1.165) is 54.9 Å². The van der Waals surface area contributed by atoms with E-state index in [-0.39, 0.29) is 0 Å². The van der Waals surface area contributed by atoms with Crippen LogP contribution in [0.15, 0.2) is 38.8 Å². The Labute approximate surface area is 138 Å². The van der Waals surface area contributed by atoms with E-state index in [1.54, 1.807) is 6.26 Å². The Hall–Kier alpha value is -1.27. The van der Waals surface area contributed by atoms with Crippen LogP contribution in [0, 0.1) is 5.92 Å². The van der Waals surface area contributed by atoms with E-state index < -0.39 is 0 Å².